The molecule has 0 fully saturated rings. The van der Waals surface area contributed by atoms with E-state index < -0.39 is 0 Å². The van der Waals surface area contributed by atoms with Gasteiger partial charge in [0, 0.05) is 5.69 Å². The van der Waals surface area contributed by atoms with Crippen LogP contribution in [0.15, 0.2) is 48.5 Å². The van der Waals surface area contributed by atoms with Crippen molar-refractivity contribution in [3.05, 3.63) is 54.1 Å². The van der Waals surface area contributed by atoms with Gasteiger partial charge in [-0.25, -0.2) is 0 Å². The second-order valence-corrected chi connectivity index (χ2v) is 5.10. The average Bonchev–Trinajstić information content (AvgIpc) is 2.57. The molecule has 1 amide bonds. The molecule has 2 aromatic rings. The van der Waals surface area contributed by atoms with Crippen molar-refractivity contribution in [2.24, 2.45) is 0 Å². The molecule has 0 bridgehead atoms. The number of hydrogen-bond donors (Lipinski definition) is 2. The molecule has 0 unspecified atom stereocenters. The number of carbonyl (C=O) groups excluding carboxylic acids is 1. The molecule has 0 radical (unpaired) electrons. The molecule has 122 valence electrons. The number of ether oxygens (including phenoxy) is 2. The first-order valence-electron chi connectivity index (χ1n) is 7.51. The van der Waals surface area contributed by atoms with Crippen molar-refractivity contribution >= 4 is 11.6 Å². The Balaban J connectivity index is 1.63. The van der Waals surface area contributed by atoms with Gasteiger partial charge in [0.05, 0.1) is 20.2 Å². The van der Waals surface area contributed by atoms with Crippen molar-refractivity contribution in [3.63, 3.8) is 0 Å². The van der Waals surface area contributed by atoms with E-state index in [1.165, 1.54) is 0 Å². The van der Waals surface area contributed by atoms with Crippen LogP contribution in [0, 0.1) is 6.92 Å². The maximum atomic E-state index is 11.8. The Morgan fingerprint density at radius 2 is 1.87 bits per heavy atom. The SMILES string of the molecule is COc1ccc(NCC(=O)NCCOc2cccc(C)c2)cc1. The summed E-state index contributed by atoms with van der Waals surface area (Å²) in [6.45, 7) is 3.14. The number of methoxy groups -OCH3 is 1. The maximum Gasteiger partial charge on any atom is 0.239 e. The summed E-state index contributed by atoms with van der Waals surface area (Å²) in [5.74, 6) is 1.53. The van der Waals surface area contributed by atoms with Crippen molar-refractivity contribution in [2.75, 3.05) is 32.1 Å². The third kappa shape index (κ3) is 5.90. The molecule has 0 aliphatic carbocycles. The Morgan fingerprint density at radius 1 is 1.09 bits per heavy atom. The first-order valence-corrected chi connectivity index (χ1v) is 7.51. The quantitative estimate of drug-likeness (QED) is 0.735. The summed E-state index contributed by atoms with van der Waals surface area (Å²) in [6.07, 6.45) is 0. The smallest absolute Gasteiger partial charge is 0.239 e. The molecule has 0 saturated heterocycles. The zero-order chi connectivity index (χ0) is 16.5. The van der Waals surface area contributed by atoms with Crippen LogP contribution in [0.2, 0.25) is 0 Å². The van der Waals surface area contributed by atoms with E-state index >= 15 is 0 Å². The minimum absolute atomic E-state index is 0.0753. The highest BCUT2D eigenvalue weighted by atomic mass is 16.5. The Labute approximate surface area is 136 Å². The van der Waals surface area contributed by atoms with Gasteiger partial charge < -0.3 is 20.1 Å². The normalized spacial score (nSPS) is 10.0. The fraction of sp³-hybridized carbons (Fsp3) is 0.278. The van der Waals surface area contributed by atoms with Crippen LogP contribution in [0.1, 0.15) is 5.56 Å². The molecule has 0 aliphatic heterocycles. The van der Waals surface area contributed by atoms with Crippen molar-refractivity contribution in [1.29, 1.82) is 0 Å². The third-order valence-electron chi connectivity index (χ3n) is 3.23. The fourth-order valence-electron chi connectivity index (χ4n) is 2.02. The molecule has 0 heterocycles. The summed E-state index contributed by atoms with van der Waals surface area (Å²) >= 11 is 0. The second kappa shape index (κ2) is 8.68. The zero-order valence-corrected chi connectivity index (χ0v) is 13.5. The Hall–Kier alpha value is -2.69. The standard InChI is InChI=1S/C18H22N2O3/c1-14-4-3-5-17(12-14)23-11-10-19-18(21)13-20-15-6-8-16(22-2)9-7-15/h3-9,12,20H,10-11,13H2,1-2H3,(H,19,21). The van der Waals surface area contributed by atoms with E-state index in [1.54, 1.807) is 7.11 Å². The fourth-order valence-corrected chi connectivity index (χ4v) is 2.02. The minimum atomic E-state index is -0.0753. The zero-order valence-electron chi connectivity index (χ0n) is 13.5. The lowest BCUT2D eigenvalue weighted by Gasteiger charge is -2.10. The van der Waals surface area contributed by atoms with Crippen LogP contribution in [0.25, 0.3) is 0 Å². The monoisotopic (exact) mass is 314 g/mol. The molecule has 0 aromatic heterocycles. The lowest BCUT2D eigenvalue weighted by Crippen LogP contribution is -2.33. The predicted molar refractivity (Wildman–Crippen MR) is 91.2 cm³/mol. The van der Waals surface area contributed by atoms with Crippen LogP contribution in [0.3, 0.4) is 0 Å². The van der Waals surface area contributed by atoms with Gasteiger partial charge in [0.25, 0.3) is 0 Å². The van der Waals surface area contributed by atoms with E-state index in [0.717, 1.165) is 22.7 Å². The molecule has 0 saturated carbocycles. The van der Waals surface area contributed by atoms with Gasteiger partial charge in [0.1, 0.15) is 18.1 Å². The molecule has 0 atom stereocenters. The van der Waals surface area contributed by atoms with Crippen molar-refractivity contribution < 1.29 is 14.3 Å². The molecule has 2 rings (SSSR count). The first-order chi connectivity index (χ1) is 11.2. The number of carbonyl (C=O) groups is 1. The van der Waals surface area contributed by atoms with E-state index in [2.05, 4.69) is 10.6 Å². The van der Waals surface area contributed by atoms with E-state index in [4.69, 9.17) is 9.47 Å². The number of benzene rings is 2. The summed E-state index contributed by atoms with van der Waals surface area (Å²) in [5, 5.41) is 5.86. The van der Waals surface area contributed by atoms with E-state index in [1.807, 2.05) is 55.5 Å². The van der Waals surface area contributed by atoms with Crippen LogP contribution in [-0.4, -0.2) is 32.7 Å². The lowest BCUT2D eigenvalue weighted by atomic mass is 10.2. The third-order valence-corrected chi connectivity index (χ3v) is 3.23. The van der Waals surface area contributed by atoms with Crippen LogP contribution in [0.5, 0.6) is 11.5 Å². The molecule has 0 spiro atoms. The van der Waals surface area contributed by atoms with E-state index in [0.29, 0.717) is 13.2 Å². The van der Waals surface area contributed by atoms with Crippen LogP contribution in [0.4, 0.5) is 5.69 Å². The predicted octanol–water partition coefficient (Wildman–Crippen LogP) is 2.61. The molecule has 0 aliphatic rings. The summed E-state index contributed by atoms with van der Waals surface area (Å²) in [6, 6.07) is 15.3. The molecule has 5 heteroatoms. The number of anilines is 1. The number of hydrogen-bond acceptors (Lipinski definition) is 4. The number of rotatable bonds is 8. The average molecular weight is 314 g/mol. The second-order valence-electron chi connectivity index (χ2n) is 5.10. The maximum absolute atomic E-state index is 11.8. The minimum Gasteiger partial charge on any atom is -0.497 e. The van der Waals surface area contributed by atoms with Crippen molar-refractivity contribution in [1.82, 2.24) is 5.32 Å². The molecule has 2 aromatic carbocycles. The summed E-state index contributed by atoms with van der Waals surface area (Å²) in [7, 11) is 1.62. The van der Waals surface area contributed by atoms with E-state index in [9.17, 15) is 4.79 Å². The number of amides is 1. The highest BCUT2D eigenvalue weighted by Gasteiger charge is 2.01. The molecule has 5 nitrogen and oxygen atoms in total. The van der Waals surface area contributed by atoms with Gasteiger partial charge in [0.15, 0.2) is 0 Å². The number of nitrogens with one attached hydrogen (secondary N) is 2. The van der Waals surface area contributed by atoms with Crippen molar-refractivity contribution in [2.45, 2.75) is 6.92 Å². The van der Waals surface area contributed by atoms with Crippen LogP contribution in [-0.2, 0) is 4.79 Å². The van der Waals surface area contributed by atoms with Crippen LogP contribution < -0.4 is 20.1 Å². The first kappa shape index (κ1) is 16.7. The summed E-state index contributed by atoms with van der Waals surface area (Å²) < 4.78 is 10.7. The largest absolute Gasteiger partial charge is 0.497 e. The Bertz CT molecular complexity index is 626. The Kier molecular flexibility index (Phi) is 6.29. The highest BCUT2D eigenvalue weighted by molar-refractivity contribution is 5.80. The molecular formula is C18H22N2O3. The van der Waals surface area contributed by atoms with Gasteiger partial charge in [0.2, 0.25) is 5.91 Å². The van der Waals surface area contributed by atoms with Crippen LogP contribution >= 0.6 is 0 Å². The van der Waals surface area contributed by atoms with E-state index in [-0.39, 0.29) is 12.5 Å². The molecule has 23 heavy (non-hydrogen) atoms. The molecule has 2 N–H and O–H groups in total. The van der Waals surface area contributed by atoms with Gasteiger partial charge in [-0.3, -0.25) is 4.79 Å². The van der Waals surface area contributed by atoms with Gasteiger partial charge in [-0.05, 0) is 48.9 Å². The summed E-state index contributed by atoms with van der Waals surface area (Å²) in [4.78, 5) is 11.8. The van der Waals surface area contributed by atoms with Crippen molar-refractivity contribution in [3.8, 4) is 11.5 Å². The topological polar surface area (TPSA) is 59.6 Å². The summed E-state index contributed by atoms with van der Waals surface area (Å²) in [5.41, 5.74) is 2.02. The van der Waals surface area contributed by atoms with Gasteiger partial charge in [-0.2, -0.15) is 0 Å². The van der Waals surface area contributed by atoms with Gasteiger partial charge in [-0.15, -0.1) is 0 Å². The highest BCUT2D eigenvalue weighted by Crippen LogP contribution is 2.14. The van der Waals surface area contributed by atoms with Gasteiger partial charge in [-0.1, -0.05) is 12.1 Å². The Morgan fingerprint density at radius 3 is 2.57 bits per heavy atom. The van der Waals surface area contributed by atoms with Gasteiger partial charge >= 0.3 is 0 Å². The molecular weight excluding hydrogens is 292 g/mol. The lowest BCUT2D eigenvalue weighted by molar-refractivity contribution is -0.119. The number of aryl methyl sites for hydroxylation is 1.